The molecule has 140 valence electrons. The maximum Gasteiger partial charge on any atom is 0.248 e. The lowest BCUT2D eigenvalue weighted by Gasteiger charge is -2.12. The number of hydrogen-bond donors (Lipinski definition) is 2. The SMILES string of the molecule is COc1ccc(CNc2ncnc(Oc3ccc(C(C)C)cc3)c2N)cc1. The second-order valence-electron chi connectivity index (χ2n) is 6.47. The van der Waals surface area contributed by atoms with Crippen molar-refractivity contribution in [3.05, 3.63) is 66.0 Å². The van der Waals surface area contributed by atoms with Crippen LogP contribution in [-0.4, -0.2) is 17.1 Å². The summed E-state index contributed by atoms with van der Waals surface area (Å²) < 4.78 is 11.0. The molecule has 0 unspecified atom stereocenters. The van der Waals surface area contributed by atoms with Crippen LogP contribution in [0.1, 0.15) is 30.9 Å². The van der Waals surface area contributed by atoms with Crippen LogP contribution in [0.3, 0.4) is 0 Å². The number of nitrogens with two attached hydrogens (primary N) is 1. The average molecular weight is 364 g/mol. The Bertz CT molecular complexity index is 878. The van der Waals surface area contributed by atoms with Crippen LogP contribution in [0.25, 0.3) is 0 Å². The maximum atomic E-state index is 6.19. The highest BCUT2D eigenvalue weighted by Gasteiger charge is 2.11. The summed E-state index contributed by atoms with van der Waals surface area (Å²) in [6.45, 7) is 4.88. The zero-order chi connectivity index (χ0) is 19.2. The Hall–Kier alpha value is -3.28. The Balaban J connectivity index is 1.69. The minimum atomic E-state index is 0.333. The molecule has 0 bridgehead atoms. The minimum absolute atomic E-state index is 0.333. The Labute approximate surface area is 159 Å². The number of methoxy groups -OCH3 is 1. The topological polar surface area (TPSA) is 82.3 Å². The van der Waals surface area contributed by atoms with Gasteiger partial charge in [-0.3, -0.25) is 0 Å². The first-order chi connectivity index (χ1) is 13.1. The molecule has 0 fully saturated rings. The van der Waals surface area contributed by atoms with Crippen LogP contribution in [0.15, 0.2) is 54.9 Å². The van der Waals surface area contributed by atoms with E-state index >= 15 is 0 Å². The number of nitrogens with zero attached hydrogens (tertiary/aromatic N) is 2. The number of hydrogen-bond acceptors (Lipinski definition) is 6. The third kappa shape index (κ3) is 4.67. The van der Waals surface area contributed by atoms with E-state index in [9.17, 15) is 0 Å². The second kappa shape index (κ2) is 8.40. The number of rotatable bonds is 7. The Kier molecular flexibility index (Phi) is 5.76. The molecule has 1 heterocycles. The summed E-state index contributed by atoms with van der Waals surface area (Å²) in [5.74, 6) is 2.84. The Morgan fingerprint density at radius 1 is 0.963 bits per heavy atom. The zero-order valence-corrected chi connectivity index (χ0v) is 15.8. The van der Waals surface area contributed by atoms with Crippen molar-refractivity contribution < 1.29 is 9.47 Å². The molecule has 0 radical (unpaired) electrons. The molecule has 2 aromatic carbocycles. The van der Waals surface area contributed by atoms with Crippen LogP contribution >= 0.6 is 0 Å². The van der Waals surface area contributed by atoms with Gasteiger partial charge in [0.2, 0.25) is 5.88 Å². The summed E-state index contributed by atoms with van der Waals surface area (Å²) in [5.41, 5.74) is 8.89. The highest BCUT2D eigenvalue weighted by Crippen LogP contribution is 2.30. The number of nitrogen functional groups attached to an aromatic ring is 1. The predicted octanol–water partition coefficient (Wildman–Crippen LogP) is 4.60. The van der Waals surface area contributed by atoms with Crippen molar-refractivity contribution in [3.8, 4) is 17.4 Å². The number of benzene rings is 2. The first kappa shape index (κ1) is 18.5. The summed E-state index contributed by atoms with van der Waals surface area (Å²) in [6, 6.07) is 15.7. The van der Waals surface area contributed by atoms with E-state index in [1.807, 2.05) is 48.5 Å². The van der Waals surface area contributed by atoms with Crippen LogP contribution < -0.4 is 20.5 Å². The van der Waals surface area contributed by atoms with Gasteiger partial charge in [-0.2, -0.15) is 4.98 Å². The molecule has 0 spiro atoms. The molecule has 3 aromatic rings. The van der Waals surface area contributed by atoms with Gasteiger partial charge in [-0.15, -0.1) is 0 Å². The fourth-order valence-corrected chi connectivity index (χ4v) is 2.56. The predicted molar refractivity (Wildman–Crippen MR) is 107 cm³/mol. The third-order valence-corrected chi connectivity index (χ3v) is 4.23. The van der Waals surface area contributed by atoms with E-state index in [2.05, 4.69) is 29.1 Å². The van der Waals surface area contributed by atoms with Crippen LogP contribution in [-0.2, 0) is 6.54 Å². The molecule has 0 atom stereocenters. The Morgan fingerprint density at radius 3 is 2.26 bits per heavy atom. The van der Waals surface area contributed by atoms with E-state index in [0.717, 1.165) is 11.3 Å². The molecule has 0 amide bonds. The lowest BCUT2D eigenvalue weighted by atomic mass is 10.0. The van der Waals surface area contributed by atoms with Crippen molar-refractivity contribution in [3.63, 3.8) is 0 Å². The van der Waals surface area contributed by atoms with Crippen molar-refractivity contribution in [2.45, 2.75) is 26.3 Å². The van der Waals surface area contributed by atoms with Gasteiger partial charge in [0, 0.05) is 6.54 Å². The molecule has 6 heteroatoms. The number of nitrogens with one attached hydrogen (secondary N) is 1. The fraction of sp³-hybridized carbons (Fsp3) is 0.238. The van der Waals surface area contributed by atoms with Crippen molar-refractivity contribution in [2.75, 3.05) is 18.2 Å². The van der Waals surface area contributed by atoms with E-state index in [1.165, 1.54) is 11.9 Å². The van der Waals surface area contributed by atoms with Gasteiger partial charge in [-0.25, -0.2) is 4.98 Å². The molecule has 1 aromatic heterocycles. The van der Waals surface area contributed by atoms with E-state index in [4.69, 9.17) is 15.2 Å². The average Bonchev–Trinajstić information content (AvgIpc) is 2.69. The summed E-state index contributed by atoms with van der Waals surface area (Å²) in [5, 5.41) is 3.22. The van der Waals surface area contributed by atoms with E-state index < -0.39 is 0 Å². The summed E-state index contributed by atoms with van der Waals surface area (Å²) >= 11 is 0. The number of aromatic nitrogens is 2. The van der Waals surface area contributed by atoms with E-state index in [1.54, 1.807) is 7.11 Å². The van der Waals surface area contributed by atoms with Crippen LogP contribution in [0.5, 0.6) is 17.4 Å². The van der Waals surface area contributed by atoms with Gasteiger partial charge in [-0.1, -0.05) is 38.1 Å². The highest BCUT2D eigenvalue weighted by molar-refractivity contribution is 5.67. The van der Waals surface area contributed by atoms with Crippen molar-refractivity contribution in [1.29, 1.82) is 0 Å². The Morgan fingerprint density at radius 2 is 1.63 bits per heavy atom. The lowest BCUT2D eigenvalue weighted by Crippen LogP contribution is -2.06. The van der Waals surface area contributed by atoms with Gasteiger partial charge >= 0.3 is 0 Å². The molecule has 0 aliphatic heterocycles. The smallest absolute Gasteiger partial charge is 0.248 e. The number of anilines is 2. The van der Waals surface area contributed by atoms with Crippen molar-refractivity contribution in [1.82, 2.24) is 9.97 Å². The molecule has 0 aliphatic carbocycles. The van der Waals surface area contributed by atoms with E-state index in [0.29, 0.717) is 35.6 Å². The molecular weight excluding hydrogens is 340 g/mol. The van der Waals surface area contributed by atoms with Gasteiger partial charge in [0.05, 0.1) is 7.11 Å². The van der Waals surface area contributed by atoms with Gasteiger partial charge in [-0.05, 0) is 41.3 Å². The molecular formula is C21H24N4O2. The monoisotopic (exact) mass is 364 g/mol. The van der Waals surface area contributed by atoms with Crippen molar-refractivity contribution >= 4 is 11.5 Å². The minimum Gasteiger partial charge on any atom is -0.497 e. The molecule has 0 aliphatic rings. The zero-order valence-electron chi connectivity index (χ0n) is 15.8. The first-order valence-corrected chi connectivity index (χ1v) is 8.82. The normalized spacial score (nSPS) is 10.7. The molecule has 0 saturated heterocycles. The molecule has 6 nitrogen and oxygen atoms in total. The second-order valence-corrected chi connectivity index (χ2v) is 6.47. The third-order valence-electron chi connectivity index (χ3n) is 4.23. The van der Waals surface area contributed by atoms with Gasteiger partial charge in [0.15, 0.2) is 5.82 Å². The summed E-state index contributed by atoms with van der Waals surface area (Å²) in [6.07, 6.45) is 1.44. The quantitative estimate of drug-likeness (QED) is 0.638. The molecule has 0 saturated carbocycles. The van der Waals surface area contributed by atoms with Crippen LogP contribution in [0.4, 0.5) is 11.5 Å². The summed E-state index contributed by atoms with van der Waals surface area (Å²) in [4.78, 5) is 8.37. The molecule has 3 rings (SSSR count). The summed E-state index contributed by atoms with van der Waals surface area (Å²) in [7, 11) is 1.65. The van der Waals surface area contributed by atoms with Crippen LogP contribution in [0.2, 0.25) is 0 Å². The van der Waals surface area contributed by atoms with E-state index in [-0.39, 0.29) is 0 Å². The fourth-order valence-electron chi connectivity index (χ4n) is 2.56. The largest absolute Gasteiger partial charge is 0.497 e. The highest BCUT2D eigenvalue weighted by atomic mass is 16.5. The lowest BCUT2D eigenvalue weighted by molar-refractivity contribution is 0.414. The first-order valence-electron chi connectivity index (χ1n) is 8.82. The molecule has 27 heavy (non-hydrogen) atoms. The van der Waals surface area contributed by atoms with Crippen molar-refractivity contribution in [2.24, 2.45) is 0 Å². The van der Waals surface area contributed by atoms with Crippen LogP contribution in [0, 0.1) is 0 Å². The maximum absolute atomic E-state index is 6.19. The van der Waals surface area contributed by atoms with Gasteiger partial charge < -0.3 is 20.5 Å². The van der Waals surface area contributed by atoms with Gasteiger partial charge in [0.1, 0.15) is 23.5 Å². The standard InChI is InChI=1S/C21H24N4O2/c1-14(2)16-6-10-18(11-7-16)27-21-19(22)20(24-13-25-21)23-12-15-4-8-17(26-3)9-5-15/h4-11,13-14H,12,22H2,1-3H3,(H,23,24,25). The number of ether oxygens (including phenoxy) is 2. The van der Waals surface area contributed by atoms with Gasteiger partial charge in [0.25, 0.3) is 0 Å². The molecule has 3 N–H and O–H groups in total.